The standard InChI is InChI=1S/C34H51NO5/c1-21-16-22(2)20-35(19-21)15-11-31(38)39-26-8-12-32(6)28-9-13-33(7)29(27(28)17-23(3)30(32)18-26)10-14-34(33,24(4)36)40-25(5)37/h17-18,21-22,26-29H,8-16,19-20H2,1-7H3/t21-,22-,26+,27+,28-,29-,32+,33-,34-/m0/s1. The highest BCUT2D eigenvalue weighted by atomic mass is 16.6. The van der Waals surface area contributed by atoms with Crippen LogP contribution >= 0.6 is 0 Å². The molecule has 0 N–H and O–H groups in total. The Kier molecular flexibility index (Phi) is 7.91. The lowest BCUT2D eigenvalue weighted by atomic mass is 9.47. The smallest absolute Gasteiger partial charge is 0.307 e. The van der Waals surface area contributed by atoms with Crippen molar-refractivity contribution in [1.82, 2.24) is 4.90 Å². The Bertz CT molecular complexity index is 1100. The van der Waals surface area contributed by atoms with E-state index in [1.807, 2.05) is 0 Å². The summed E-state index contributed by atoms with van der Waals surface area (Å²) in [6.45, 7) is 17.4. The third-order valence-electron chi connectivity index (χ3n) is 11.8. The molecule has 40 heavy (non-hydrogen) atoms. The third kappa shape index (κ3) is 4.90. The maximum Gasteiger partial charge on any atom is 0.307 e. The lowest BCUT2D eigenvalue weighted by Gasteiger charge is -2.58. The zero-order chi connectivity index (χ0) is 29.0. The molecule has 0 amide bonds. The molecule has 2 saturated carbocycles. The predicted molar refractivity (Wildman–Crippen MR) is 155 cm³/mol. The lowest BCUT2D eigenvalue weighted by Crippen LogP contribution is -2.58. The number of nitrogens with zero attached hydrogens (tertiary/aromatic N) is 1. The van der Waals surface area contributed by atoms with Crippen LogP contribution in [0.15, 0.2) is 23.3 Å². The quantitative estimate of drug-likeness (QED) is 0.360. The number of ketones is 1. The number of allylic oxidation sites excluding steroid dienone is 3. The Labute approximate surface area is 241 Å². The van der Waals surface area contributed by atoms with Gasteiger partial charge in [-0.05, 0) is 105 Å². The summed E-state index contributed by atoms with van der Waals surface area (Å²) in [4.78, 5) is 40.4. The monoisotopic (exact) mass is 553 g/mol. The first-order valence-electron chi connectivity index (χ1n) is 15.8. The van der Waals surface area contributed by atoms with Crippen LogP contribution in [0.5, 0.6) is 0 Å². The maximum absolute atomic E-state index is 13.0. The number of likely N-dealkylation sites (tertiary alicyclic amines) is 1. The molecule has 5 aliphatic rings. The van der Waals surface area contributed by atoms with Crippen molar-refractivity contribution in [1.29, 1.82) is 0 Å². The van der Waals surface area contributed by atoms with Crippen LogP contribution in [-0.2, 0) is 23.9 Å². The summed E-state index contributed by atoms with van der Waals surface area (Å²) >= 11 is 0. The Morgan fingerprint density at radius 2 is 1.62 bits per heavy atom. The molecule has 1 heterocycles. The highest BCUT2D eigenvalue weighted by Gasteiger charge is 2.67. The van der Waals surface area contributed by atoms with E-state index in [4.69, 9.17) is 9.47 Å². The number of fused-ring (bicyclic) bond motifs is 5. The van der Waals surface area contributed by atoms with Crippen molar-refractivity contribution in [2.45, 2.75) is 112 Å². The van der Waals surface area contributed by atoms with Gasteiger partial charge in [-0.15, -0.1) is 0 Å². The minimum atomic E-state index is -1.01. The SMILES string of the molecule is CC(=O)O[C@]1(C(C)=O)CC[C@H]2[C@@H]3C=C(C)C4=C[C@H](OC(=O)CCN5C[C@@H](C)C[C@H](C)C5)CC[C@]4(C)[C@H]3CC[C@@]21C. The van der Waals surface area contributed by atoms with Crippen LogP contribution < -0.4 is 0 Å². The molecule has 0 spiro atoms. The van der Waals surface area contributed by atoms with E-state index in [9.17, 15) is 14.4 Å². The Morgan fingerprint density at radius 3 is 2.27 bits per heavy atom. The van der Waals surface area contributed by atoms with Gasteiger partial charge in [0.1, 0.15) is 6.10 Å². The molecule has 1 aliphatic heterocycles. The van der Waals surface area contributed by atoms with Gasteiger partial charge >= 0.3 is 11.9 Å². The number of Topliss-reactive ketones (excluding diaryl/α,β-unsaturated/α-hetero) is 1. The number of esters is 2. The molecule has 0 radical (unpaired) electrons. The molecule has 6 nitrogen and oxygen atoms in total. The van der Waals surface area contributed by atoms with Crippen molar-refractivity contribution >= 4 is 17.7 Å². The summed E-state index contributed by atoms with van der Waals surface area (Å²) in [5.41, 5.74) is 1.28. The van der Waals surface area contributed by atoms with Crippen LogP contribution in [0.3, 0.4) is 0 Å². The minimum Gasteiger partial charge on any atom is -0.458 e. The van der Waals surface area contributed by atoms with E-state index < -0.39 is 5.60 Å². The van der Waals surface area contributed by atoms with E-state index in [-0.39, 0.29) is 34.7 Å². The average Bonchev–Trinajstić information content (AvgIpc) is 3.16. The van der Waals surface area contributed by atoms with Crippen LogP contribution in [0.1, 0.15) is 99.8 Å². The van der Waals surface area contributed by atoms with Gasteiger partial charge in [0.15, 0.2) is 11.4 Å². The lowest BCUT2D eigenvalue weighted by molar-refractivity contribution is -0.185. The van der Waals surface area contributed by atoms with Gasteiger partial charge in [-0.3, -0.25) is 14.4 Å². The molecular formula is C34H51NO5. The number of ether oxygens (including phenoxy) is 2. The Hall–Kier alpha value is -1.95. The second-order valence-corrected chi connectivity index (χ2v) is 14.6. The molecule has 1 saturated heterocycles. The maximum atomic E-state index is 13.0. The number of piperidine rings is 1. The average molecular weight is 554 g/mol. The van der Waals surface area contributed by atoms with Crippen LogP contribution in [-0.4, -0.2) is 54.0 Å². The molecule has 9 atom stereocenters. The summed E-state index contributed by atoms with van der Waals surface area (Å²) in [5, 5.41) is 0. The highest BCUT2D eigenvalue weighted by Crippen LogP contribution is 2.68. The van der Waals surface area contributed by atoms with E-state index in [1.165, 1.54) is 24.5 Å². The number of hydrogen-bond donors (Lipinski definition) is 0. The molecule has 0 bridgehead atoms. The van der Waals surface area contributed by atoms with Crippen molar-refractivity contribution in [3.8, 4) is 0 Å². The molecule has 0 aromatic rings. The highest BCUT2D eigenvalue weighted by molar-refractivity contribution is 5.89. The van der Waals surface area contributed by atoms with Crippen LogP contribution in [0, 0.1) is 40.4 Å². The summed E-state index contributed by atoms with van der Waals surface area (Å²) < 4.78 is 12.0. The predicted octanol–water partition coefficient (Wildman–Crippen LogP) is 6.29. The van der Waals surface area contributed by atoms with Crippen molar-refractivity contribution in [3.05, 3.63) is 23.3 Å². The minimum absolute atomic E-state index is 0.0129. The first kappa shape index (κ1) is 29.5. The molecular weight excluding hydrogens is 502 g/mol. The van der Waals surface area contributed by atoms with Gasteiger partial charge in [0.2, 0.25) is 0 Å². The molecule has 4 aliphatic carbocycles. The summed E-state index contributed by atoms with van der Waals surface area (Å²) in [7, 11) is 0. The van der Waals surface area contributed by atoms with Gasteiger partial charge < -0.3 is 14.4 Å². The molecule has 5 rings (SSSR count). The summed E-state index contributed by atoms with van der Waals surface area (Å²) in [6, 6.07) is 0. The van der Waals surface area contributed by atoms with Crippen LogP contribution in [0.2, 0.25) is 0 Å². The fourth-order valence-electron chi connectivity index (χ4n) is 10.2. The fraction of sp³-hybridized carbons (Fsp3) is 0.794. The molecule has 0 aromatic heterocycles. The number of carbonyl (C=O) groups is 3. The summed E-state index contributed by atoms with van der Waals surface area (Å²) in [5.74, 6) is 2.04. The molecule has 222 valence electrons. The second kappa shape index (κ2) is 10.7. The van der Waals surface area contributed by atoms with Crippen LogP contribution in [0.4, 0.5) is 0 Å². The van der Waals surface area contributed by atoms with E-state index in [0.717, 1.165) is 51.7 Å². The van der Waals surface area contributed by atoms with E-state index in [0.29, 0.717) is 42.4 Å². The fourth-order valence-corrected chi connectivity index (χ4v) is 10.2. The van der Waals surface area contributed by atoms with Crippen molar-refractivity contribution in [2.75, 3.05) is 19.6 Å². The third-order valence-corrected chi connectivity index (χ3v) is 11.8. The molecule has 0 unspecified atom stereocenters. The van der Waals surface area contributed by atoms with Crippen molar-refractivity contribution in [3.63, 3.8) is 0 Å². The Balaban J connectivity index is 1.31. The zero-order valence-corrected chi connectivity index (χ0v) is 25.9. The molecule has 0 aromatic carbocycles. The van der Waals surface area contributed by atoms with Gasteiger partial charge in [-0.1, -0.05) is 39.3 Å². The van der Waals surface area contributed by atoms with E-state index >= 15 is 0 Å². The number of hydrogen-bond acceptors (Lipinski definition) is 6. The topological polar surface area (TPSA) is 72.9 Å². The van der Waals surface area contributed by atoms with Crippen molar-refractivity contribution < 1.29 is 23.9 Å². The largest absolute Gasteiger partial charge is 0.458 e. The van der Waals surface area contributed by atoms with Crippen LogP contribution in [0.25, 0.3) is 0 Å². The second-order valence-electron chi connectivity index (χ2n) is 14.6. The Morgan fingerprint density at radius 1 is 0.950 bits per heavy atom. The first-order chi connectivity index (χ1) is 18.8. The normalized spacial score (nSPS) is 43.0. The van der Waals surface area contributed by atoms with Gasteiger partial charge in [-0.2, -0.15) is 0 Å². The van der Waals surface area contributed by atoms with E-state index in [2.05, 4.69) is 51.7 Å². The first-order valence-corrected chi connectivity index (χ1v) is 15.8. The van der Waals surface area contributed by atoms with Gasteiger partial charge in [0.05, 0.1) is 6.42 Å². The molecule has 6 heteroatoms. The van der Waals surface area contributed by atoms with Crippen molar-refractivity contribution in [2.24, 2.45) is 40.4 Å². The van der Waals surface area contributed by atoms with Gasteiger partial charge in [0, 0.05) is 32.0 Å². The number of carbonyl (C=O) groups excluding carboxylic acids is 3. The zero-order valence-electron chi connectivity index (χ0n) is 25.9. The molecule has 3 fully saturated rings. The summed E-state index contributed by atoms with van der Waals surface area (Å²) in [6.07, 6.45) is 11.5. The van der Waals surface area contributed by atoms with Gasteiger partial charge in [0.25, 0.3) is 0 Å². The van der Waals surface area contributed by atoms with Gasteiger partial charge in [-0.25, -0.2) is 0 Å². The van der Waals surface area contributed by atoms with E-state index in [1.54, 1.807) is 6.92 Å². The number of rotatable bonds is 6.